The summed E-state index contributed by atoms with van der Waals surface area (Å²) in [5.41, 5.74) is 0.733. The number of rotatable bonds is 5. The molecule has 0 radical (unpaired) electrons. The number of nitrogens with one attached hydrogen (secondary N) is 1. The summed E-state index contributed by atoms with van der Waals surface area (Å²) in [7, 11) is 1.50. The maximum Gasteiger partial charge on any atom is 0.225 e. The highest BCUT2D eigenvalue weighted by Gasteiger charge is 2.23. The maximum atomic E-state index is 11.8. The number of ketones is 1. The predicted molar refractivity (Wildman–Crippen MR) is 84.4 cm³/mol. The molecular formula is C14H13BrClNO4. The van der Waals surface area contributed by atoms with E-state index in [2.05, 4.69) is 21.2 Å². The topological polar surface area (TPSA) is 68.5 Å². The summed E-state index contributed by atoms with van der Waals surface area (Å²) in [6.07, 6.45) is 0.146. The molecule has 0 atom stereocenters. The Morgan fingerprint density at radius 1 is 1.43 bits per heavy atom. The number of hydrogen-bond acceptors (Lipinski definition) is 4. The molecule has 0 aliphatic heterocycles. The highest BCUT2D eigenvalue weighted by Crippen LogP contribution is 2.41. The fourth-order valence-corrected chi connectivity index (χ4v) is 2.64. The molecule has 1 aromatic carbocycles. The number of alkyl halides is 1. The van der Waals surface area contributed by atoms with Gasteiger partial charge in [0.1, 0.15) is 5.69 Å². The Morgan fingerprint density at radius 3 is 2.71 bits per heavy atom. The van der Waals surface area contributed by atoms with E-state index in [4.69, 9.17) is 20.8 Å². The molecule has 0 spiro atoms. The van der Waals surface area contributed by atoms with Gasteiger partial charge < -0.3 is 14.5 Å². The smallest absolute Gasteiger partial charge is 0.225 e. The van der Waals surface area contributed by atoms with Crippen LogP contribution in [0.25, 0.3) is 11.0 Å². The van der Waals surface area contributed by atoms with Crippen LogP contribution < -0.4 is 10.1 Å². The Morgan fingerprint density at radius 2 is 2.14 bits per heavy atom. The summed E-state index contributed by atoms with van der Waals surface area (Å²) in [6.45, 7) is 1.37. The Bertz CT molecular complexity index is 711. The molecule has 0 bridgehead atoms. The normalized spacial score (nSPS) is 10.7. The van der Waals surface area contributed by atoms with Gasteiger partial charge in [0.25, 0.3) is 0 Å². The fourth-order valence-electron chi connectivity index (χ4n) is 1.96. The maximum absolute atomic E-state index is 11.8. The molecule has 0 unspecified atom stereocenters. The summed E-state index contributed by atoms with van der Waals surface area (Å²) in [4.78, 5) is 23.6. The number of hydrogen-bond donors (Lipinski definition) is 1. The lowest BCUT2D eigenvalue weighted by atomic mass is 10.2. The second-order valence-corrected chi connectivity index (χ2v) is 5.54. The molecule has 0 saturated carbocycles. The molecule has 1 N–H and O–H groups in total. The molecule has 2 rings (SSSR count). The third-order valence-corrected chi connectivity index (χ3v) is 3.73. The number of ether oxygens (including phenoxy) is 1. The van der Waals surface area contributed by atoms with Crippen molar-refractivity contribution in [3.8, 4) is 5.75 Å². The van der Waals surface area contributed by atoms with E-state index in [1.165, 1.54) is 14.0 Å². The first-order valence-corrected chi connectivity index (χ1v) is 7.48. The summed E-state index contributed by atoms with van der Waals surface area (Å²) in [6, 6.07) is 3.47. The van der Waals surface area contributed by atoms with E-state index < -0.39 is 0 Å². The zero-order chi connectivity index (χ0) is 15.6. The van der Waals surface area contributed by atoms with Gasteiger partial charge in [0.15, 0.2) is 22.9 Å². The summed E-state index contributed by atoms with van der Waals surface area (Å²) >= 11 is 8.95. The zero-order valence-corrected chi connectivity index (χ0v) is 13.8. The first-order chi connectivity index (χ1) is 9.99. The standard InChI is InChI=1S/C14H13BrClNO4/c1-7(18)13-12(17-10(19)5-6-16)11-8(15)3-4-9(20-2)14(11)21-13/h3-4H,5-6H2,1-2H3,(H,17,19). The van der Waals surface area contributed by atoms with Gasteiger partial charge in [0, 0.05) is 23.7 Å². The van der Waals surface area contributed by atoms with Crippen LogP contribution in [0, 0.1) is 0 Å². The van der Waals surface area contributed by atoms with Gasteiger partial charge in [-0.05, 0) is 28.1 Å². The monoisotopic (exact) mass is 373 g/mol. The lowest BCUT2D eigenvalue weighted by Crippen LogP contribution is -2.13. The first-order valence-electron chi connectivity index (χ1n) is 6.15. The molecule has 5 nitrogen and oxygen atoms in total. The van der Waals surface area contributed by atoms with Crippen LogP contribution >= 0.6 is 27.5 Å². The average molecular weight is 375 g/mol. The third kappa shape index (κ3) is 3.06. The lowest BCUT2D eigenvalue weighted by molar-refractivity contribution is -0.115. The number of carbonyl (C=O) groups is 2. The minimum Gasteiger partial charge on any atom is -0.493 e. The van der Waals surface area contributed by atoms with Gasteiger partial charge in [0.05, 0.1) is 12.5 Å². The summed E-state index contributed by atoms with van der Waals surface area (Å²) in [5, 5.41) is 3.27. The third-order valence-electron chi connectivity index (χ3n) is 2.88. The van der Waals surface area contributed by atoms with Crippen LogP contribution in [0.4, 0.5) is 5.69 Å². The van der Waals surface area contributed by atoms with Crippen molar-refractivity contribution in [2.75, 3.05) is 18.3 Å². The lowest BCUT2D eigenvalue weighted by Gasteiger charge is -2.05. The molecular weight excluding hydrogens is 362 g/mol. The highest BCUT2D eigenvalue weighted by atomic mass is 79.9. The Hall–Kier alpha value is -1.53. The van der Waals surface area contributed by atoms with Gasteiger partial charge in [-0.25, -0.2) is 0 Å². The van der Waals surface area contributed by atoms with E-state index in [9.17, 15) is 9.59 Å². The number of halogens is 2. The fraction of sp³-hybridized carbons (Fsp3) is 0.286. The van der Waals surface area contributed by atoms with E-state index in [1.54, 1.807) is 12.1 Å². The summed E-state index contributed by atoms with van der Waals surface area (Å²) < 4.78 is 11.5. The molecule has 21 heavy (non-hydrogen) atoms. The number of amides is 1. The van der Waals surface area contributed by atoms with E-state index >= 15 is 0 Å². The summed E-state index contributed by atoms with van der Waals surface area (Å²) in [5.74, 6) is 0.180. The number of Topliss-reactive ketones (excluding diaryl/α,β-unsaturated/α-hetero) is 1. The van der Waals surface area contributed by atoms with Crippen molar-refractivity contribution in [3.63, 3.8) is 0 Å². The van der Waals surface area contributed by atoms with Crippen molar-refractivity contribution in [3.05, 3.63) is 22.4 Å². The van der Waals surface area contributed by atoms with E-state index in [0.29, 0.717) is 26.9 Å². The predicted octanol–water partition coefficient (Wildman–Crippen LogP) is 3.97. The molecule has 2 aromatic rings. The van der Waals surface area contributed by atoms with Gasteiger partial charge in [-0.2, -0.15) is 0 Å². The number of furan rings is 1. The Kier molecular flexibility index (Phi) is 4.90. The van der Waals surface area contributed by atoms with Crippen molar-refractivity contribution in [1.82, 2.24) is 0 Å². The van der Waals surface area contributed by atoms with E-state index in [1.807, 2.05) is 0 Å². The first kappa shape index (κ1) is 15.9. The average Bonchev–Trinajstić information content (AvgIpc) is 2.80. The van der Waals surface area contributed by atoms with E-state index in [-0.39, 0.29) is 29.8 Å². The Labute approximate surface area is 134 Å². The number of anilines is 1. The molecule has 0 aliphatic carbocycles. The van der Waals surface area contributed by atoms with Crippen LogP contribution in [0.2, 0.25) is 0 Å². The van der Waals surface area contributed by atoms with Crippen molar-refractivity contribution in [2.45, 2.75) is 13.3 Å². The number of methoxy groups -OCH3 is 1. The van der Waals surface area contributed by atoms with E-state index in [0.717, 1.165) is 0 Å². The number of carbonyl (C=O) groups excluding carboxylic acids is 2. The Balaban J connectivity index is 2.67. The second kappa shape index (κ2) is 6.49. The van der Waals surface area contributed by atoms with Gasteiger partial charge in [0.2, 0.25) is 5.91 Å². The molecule has 1 heterocycles. The SMILES string of the molecule is COc1ccc(Br)c2c(NC(=O)CCCl)c(C(C)=O)oc12. The molecule has 1 aromatic heterocycles. The molecule has 7 heteroatoms. The van der Waals surface area contributed by atoms with Gasteiger partial charge in [-0.3, -0.25) is 9.59 Å². The van der Waals surface area contributed by atoms with Gasteiger partial charge in [-0.1, -0.05) is 0 Å². The number of fused-ring (bicyclic) bond motifs is 1. The second-order valence-electron chi connectivity index (χ2n) is 4.30. The minimum absolute atomic E-state index is 0.0816. The minimum atomic E-state index is -0.290. The van der Waals surface area contributed by atoms with Crippen molar-refractivity contribution >= 4 is 55.9 Å². The highest BCUT2D eigenvalue weighted by molar-refractivity contribution is 9.10. The zero-order valence-electron chi connectivity index (χ0n) is 11.5. The van der Waals surface area contributed by atoms with Crippen LogP contribution in [0.5, 0.6) is 5.75 Å². The van der Waals surface area contributed by atoms with Crippen LogP contribution in [0.3, 0.4) is 0 Å². The molecule has 0 aliphatic rings. The molecule has 1 amide bonds. The van der Waals surface area contributed by atoms with Crippen LogP contribution in [0.1, 0.15) is 23.9 Å². The van der Waals surface area contributed by atoms with Crippen molar-refractivity contribution < 1.29 is 18.7 Å². The van der Waals surface area contributed by atoms with Crippen LogP contribution in [-0.4, -0.2) is 24.7 Å². The molecule has 112 valence electrons. The molecule has 0 fully saturated rings. The van der Waals surface area contributed by atoms with Crippen molar-refractivity contribution in [1.29, 1.82) is 0 Å². The molecule has 0 saturated heterocycles. The van der Waals surface area contributed by atoms with Crippen LogP contribution in [-0.2, 0) is 4.79 Å². The largest absolute Gasteiger partial charge is 0.493 e. The van der Waals surface area contributed by atoms with Crippen molar-refractivity contribution in [2.24, 2.45) is 0 Å². The van der Waals surface area contributed by atoms with Crippen LogP contribution in [0.15, 0.2) is 21.0 Å². The van der Waals surface area contributed by atoms with Gasteiger partial charge >= 0.3 is 0 Å². The quantitative estimate of drug-likeness (QED) is 0.635. The number of benzene rings is 1. The van der Waals surface area contributed by atoms with Gasteiger partial charge in [-0.15, -0.1) is 11.6 Å².